The Morgan fingerprint density at radius 3 is 2.46 bits per heavy atom. The molecule has 1 aliphatic heterocycles. The minimum atomic E-state index is -0.121. The number of amides is 1. The third-order valence-corrected chi connectivity index (χ3v) is 5.26. The molecule has 132 valence electrons. The lowest BCUT2D eigenvalue weighted by atomic mass is 10.0. The second-order valence-electron chi connectivity index (χ2n) is 6.74. The fraction of sp³-hybridized carbons (Fsp3) is 0.632. The quantitative estimate of drug-likeness (QED) is 0.901. The third-order valence-electron chi connectivity index (χ3n) is 5.26. The van der Waals surface area contributed by atoms with Gasteiger partial charge in [-0.25, -0.2) is 0 Å². The minimum absolute atomic E-state index is 0.121. The van der Waals surface area contributed by atoms with E-state index in [2.05, 4.69) is 10.2 Å². The third kappa shape index (κ3) is 3.83. The Bertz CT molecular complexity index is 562. The monoisotopic (exact) mass is 332 g/mol. The molecule has 0 spiro atoms. The number of benzene rings is 1. The SMILES string of the molecule is CNC(=O)c1ccc(OC2CCN(C3CCCC3)CC2)c(OC)c1. The summed E-state index contributed by atoms with van der Waals surface area (Å²) in [5.74, 6) is 1.23. The van der Waals surface area contributed by atoms with Crippen LogP contribution in [-0.4, -0.2) is 50.2 Å². The van der Waals surface area contributed by atoms with Crippen molar-refractivity contribution in [1.82, 2.24) is 10.2 Å². The topological polar surface area (TPSA) is 50.8 Å². The Morgan fingerprint density at radius 1 is 1.12 bits per heavy atom. The Hall–Kier alpha value is -1.75. The van der Waals surface area contributed by atoms with E-state index in [1.54, 1.807) is 26.3 Å². The van der Waals surface area contributed by atoms with Crippen LogP contribution in [-0.2, 0) is 0 Å². The second-order valence-corrected chi connectivity index (χ2v) is 6.74. The van der Waals surface area contributed by atoms with Gasteiger partial charge in [-0.05, 0) is 43.9 Å². The first-order valence-corrected chi connectivity index (χ1v) is 9.02. The molecule has 1 amide bonds. The zero-order chi connectivity index (χ0) is 16.9. The molecule has 24 heavy (non-hydrogen) atoms. The number of carbonyl (C=O) groups excluding carboxylic acids is 1. The van der Waals surface area contributed by atoms with Crippen LogP contribution in [0.4, 0.5) is 0 Å². The lowest BCUT2D eigenvalue weighted by Gasteiger charge is -2.36. The maximum Gasteiger partial charge on any atom is 0.251 e. The molecule has 1 saturated carbocycles. The summed E-state index contributed by atoms with van der Waals surface area (Å²) < 4.78 is 11.6. The van der Waals surface area contributed by atoms with Gasteiger partial charge in [-0.2, -0.15) is 0 Å². The summed E-state index contributed by atoms with van der Waals surface area (Å²) in [5, 5.41) is 2.62. The number of carbonyl (C=O) groups is 1. The molecule has 0 aromatic heterocycles. The highest BCUT2D eigenvalue weighted by molar-refractivity contribution is 5.94. The lowest BCUT2D eigenvalue weighted by Crippen LogP contribution is -2.43. The Labute approximate surface area is 144 Å². The fourth-order valence-corrected chi connectivity index (χ4v) is 3.86. The molecule has 5 nitrogen and oxygen atoms in total. The van der Waals surface area contributed by atoms with Crippen LogP contribution in [0.2, 0.25) is 0 Å². The van der Waals surface area contributed by atoms with Crippen molar-refractivity contribution < 1.29 is 14.3 Å². The predicted molar refractivity (Wildman–Crippen MR) is 93.9 cm³/mol. The largest absolute Gasteiger partial charge is 0.493 e. The normalized spacial score (nSPS) is 20.1. The molecule has 1 aliphatic carbocycles. The van der Waals surface area contributed by atoms with E-state index in [4.69, 9.17) is 9.47 Å². The number of nitrogens with zero attached hydrogens (tertiary/aromatic N) is 1. The Kier molecular flexibility index (Phi) is 5.61. The number of methoxy groups -OCH3 is 1. The molecule has 5 heteroatoms. The standard InChI is InChI=1S/C19H28N2O3/c1-20-19(22)14-7-8-17(18(13-14)23-2)24-16-9-11-21(12-10-16)15-5-3-4-6-15/h7-8,13,15-16H,3-6,9-12H2,1-2H3,(H,20,22). The van der Waals surface area contributed by atoms with Gasteiger partial charge < -0.3 is 19.7 Å². The molecular formula is C19H28N2O3. The van der Waals surface area contributed by atoms with E-state index in [1.807, 2.05) is 6.07 Å². The predicted octanol–water partition coefficient (Wildman–Crippen LogP) is 2.84. The van der Waals surface area contributed by atoms with Crippen LogP contribution < -0.4 is 14.8 Å². The molecule has 0 radical (unpaired) electrons. The van der Waals surface area contributed by atoms with Gasteiger partial charge >= 0.3 is 0 Å². The summed E-state index contributed by atoms with van der Waals surface area (Å²) >= 11 is 0. The van der Waals surface area contributed by atoms with E-state index in [0.29, 0.717) is 11.3 Å². The van der Waals surface area contributed by atoms with Crippen molar-refractivity contribution in [2.24, 2.45) is 0 Å². The van der Waals surface area contributed by atoms with Crippen molar-refractivity contribution in [1.29, 1.82) is 0 Å². The average molecular weight is 332 g/mol. The molecule has 0 atom stereocenters. The van der Waals surface area contributed by atoms with E-state index in [0.717, 1.165) is 37.7 Å². The van der Waals surface area contributed by atoms with Crippen molar-refractivity contribution >= 4 is 5.91 Å². The van der Waals surface area contributed by atoms with Crippen LogP contribution in [0.1, 0.15) is 48.9 Å². The summed E-state index contributed by atoms with van der Waals surface area (Å²) in [5.41, 5.74) is 0.581. The summed E-state index contributed by atoms with van der Waals surface area (Å²) in [7, 11) is 3.23. The van der Waals surface area contributed by atoms with Gasteiger partial charge in [0, 0.05) is 31.7 Å². The summed E-state index contributed by atoms with van der Waals surface area (Å²) in [4.78, 5) is 14.4. The van der Waals surface area contributed by atoms with E-state index in [1.165, 1.54) is 25.7 Å². The van der Waals surface area contributed by atoms with Gasteiger partial charge in [0.25, 0.3) is 5.91 Å². The molecule has 1 N–H and O–H groups in total. The fourth-order valence-electron chi connectivity index (χ4n) is 3.86. The van der Waals surface area contributed by atoms with Gasteiger partial charge in [0.2, 0.25) is 0 Å². The first-order valence-electron chi connectivity index (χ1n) is 9.02. The Morgan fingerprint density at radius 2 is 1.83 bits per heavy atom. The van der Waals surface area contributed by atoms with E-state index < -0.39 is 0 Å². The number of hydrogen-bond donors (Lipinski definition) is 1. The smallest absolute Gasteiger partial charge is 0.251 e. The van der Waals surface area contributed by atoms with Crippen molar-refractivity contribution in [3.05, 3.63) is 23.8 Å². The van der Waals surface area contributed by atoms with Crippen LogP contribution in [0, 0.1) is 0 Å². The van der Waals surface area contributed by atoms with Gasteiger partial charge in [0.15, 0.2) is 11.5 Å². The molecular weight excluding hydrogens is 304 g/mol. The second kappa shape index (κ2) is 7.88. The van der Waals surface area contributed by atoms with E-state index in [-0.39, 0.29) is 12.0 Å². The summed E-state index contributed by atoms with van der Waals surface area (Å²) in [6, 6.07) is 6.16. The first-order chi connectivity index (χ1) is 11.7. The maximum atomic E-state index is 11.7. The molecule has 1 heterocycles. The zero-order valence-electron chi connectivity index (χ0n) is 14.7. The number of ether oxygens (including phenoxy) is 2. The molecule has 2 aliphatic rings. The number of rotatable bonds is 5. The highest BCUT2D eigenvalue weighted by atomic mass is 16.5. The highest BCUT2D eigenvalue weighted by Crippen LogP contribution is 2.32. The van der Waals surface area contributed by atoms with Crippen LogP contribution in [0.25, 0.3) is 0 Å². The number of likely N-dealkylation sites (tertiary alicyclic amines) is 1. The summed E-state index contributed by atoms with van der Waals surface area (Å²) in [6.45, 7) is 2.24. The molecule has 0 unspecified atom stereocenters. The average Bonchev–Trinajstić information content (AvgIpc) is 3.16. The van der Waals surface area contributed by atoms with Crippen molar-refractivity contribution in [2.75, 3.05) is 27.2 Å². The van der Waals surface area contributed by atoms with Crippen LogP contribution in [0.15, 0.2) is 18.2 Å². The first kappa shape index (κ1) is 17.1. The highest BCUT2D eigenvalue weighted by Gasteiger charge is 2.28. The van der Waals surface area contributed by atoms with Crippen molar-refractivity contribution in [2.45, 2.75) is 50.7 Å². The van der Waals surface area contributed by atoms with Gasteiger partial charge in [0.05, 0.1) is 7.11 Å². The number of piperidine rings is 1. The van der Waals surface area contributed by atoms with Crippen LogP contribution >= 0.6 is 0 Å². The lowest BCUT2D eigenvalue weighted by molar-refractivity contribution is 0.0750. The molecule has 0 bridgehead atoms. The number of hydrogen-bond acceptors (Lipinski definition) is 4. The molecule has 1 aromatic carbocycles. The van der Waals surface area contributed by atoms with Crippen LogP contribution in [0.5, 0.6) is 11.5 Å². The summed E-state index contributed by atoms with van der Waals surface area (Å²) in [6.07, 6.45) is 7.82. The van der Waals surface area contributed by atoms with Gasteiger partial charge in [0.1, 0.15) is 6.10 Å². The van der Waals surface area contributed by atoms with E-state index in [9.17, 15) is 4.79 Å². The van der Waals surface area contributed by atoms with Crippen molar-refractivity contribution in [3.63, 3.8) is 0 Å². The van der Waals surface area contributed by atoms with E-state index >= 15 is 0 Å². The molecule has 3 rings (SSSR count). The van der Waals surface area contributed by atoms with Gasteiger partial charge in [-0.3, -0.25) is 4.79 Å². The zero-order valence-corrected chi connectivity index (χ0v) is 14.7. The molecule has 2 fully saturated rings. The Balaban J connectivity index is 1.59. The molecule has 1 saturated heterocycles. The van der Waals surface area contributed by atoms with Gasteiger partial charge in [-0.1, -0.05) is 12.8 Å². The maximum absolute atomic E-state index is 11.7. The number of nitrogens with one attached hydrogen (secondary N) is 1. The minimum Gasteiger partial charge on any atom is -0.493 e. The molecule has 1 aromatic rings. The van der Waals surface area contributed by atoms with Crippen molar-refractivity contribution in [3.8, 4) is 11.5 Å². The van der Waals surface area contributed by atoms with Crippen LogP contribution in [0.3, 0.4) is 0 Å². The van der Waals surface area contributed by atoms with Gasteiger partial charge in [-0.15, -0.1) is 0 Å².